The summed E-state index contributed by atoms with van der Waals surface area (Å²) in [6, 6.07) is 6.70. The van der Waals surface area contributed by atoms with Gasteiger partial charge in [0.1, 0.15) is 11.3 Å². The van der Waals surface area contributed by atoms with Crippen LogP contribution in [0.4, 0.5) is 0 Å². The van der Waals surface area contributed by atoms with Gasteiger partial charge in [0.2, 0.25) is 5.76 Å². The summed E-state index contributed by atoms with van der Waals surface area (Å²) in [4.78, 5) is 10.7. The average molecular weight is 206 g/mol. The molecule has 0 unspecified atom stereocenters. The molecule has 0 spiro atoms. The van der Waals surface area contributed by atoms with Crippen LogP contribution in [0.3, 0.4) is 0 Å². The van der Waals surface area contributed by atoms with Gasteiger partial charge in [0.25, 0.3) is 0 Å². The molecule has 2 aromatic rings. The Kier molecular flexibility index (Phi) is 2.33. The van der Waals surface area contributed by atoms with Crippen molar-refractivity contribution in [1.29, 1.82) is 0 Å². The zero-order valence-corrected chi connectivity index (χ0v) is 8.19. The van der Waals surface area contributed by atoms with Crippen LogP contribution in [0.1, 0.15) is 17.5 Å². The molecule has 4 nitrogen and oxygen atoms in total. The van der Waals surface area contributed by atoms with E-state index in [-0.39, 0.29) is 5.76 Å². The molecular weight excluding hydrogens is 196 g/mol. The lowest BCUT2D eigenvalue weighted by molar-refractivity contribution is 0.0665. The summed E-state index contributed by atoms with van der Waals surface area (Å²) in [6.07, 6.45) is 0. The highest BCUT2D eigenvalue weighted by Gasteiger charge is 2.10. The molecule has 0 saturated heterocycles. The Hall–Kier alpha value is -1.97. The molecular formula is C11H10O4. The first-order chi connectivity index (χ1) is 7.20. The number of furan rings is 1. The number of hydrogen-bond acceptors (Lipinski definition) is 3. The second kappa shape index (κ2) is 3.65. The summed E-state index contributed by atoms with van der Waals surface area (Å²) in [6.45, 7) is 2.47. The van der Waals surface area contributed by atoms with Crippen molar-refractivity contribution in [3.05, 3.63) is 30.0 Å². The van der Waals surface area contributed by atoms with Gasteiger partial charge >= 0.3 is 5.97 Å². The van der Waals surface area contributed by atoms with Crippen molar-refractivity contribution in [1.82, 2.24) is 0 Å². The highest BCUT2D eigenvalue weighted by molar-refractivity contribution is 5.91. The van der Waals surface area contributed by atoms with Crippen LogP contribution in [-0.4, -0.2) is 17.7 Å². The number of aromatic carboxylic acids is 1. The van der Waals surface area contributed by atoms with E-state index in [0.29, 0.717) is 17.9 Å². The normalized spacial score (nSPS) is 10.5. The van der Waals surface area contributed by atoms with E-state index in [4.69, 9.17) is 14.3 Å². The Morgan fingerprint density at radius 3 is 2.93 bits per heavy atom. The molecule has 0 aliphatic heterocycles. The summed E-state index contributed by atoms with van der Waals surface area (Å²) in [7, 11) is 0. The van der Waals surface area contributed by atoms with E-state index in [1.54, 1.807) is 18.2 Å². The maximum absolute atomic E-state index is 10.7. The van der Waals surface area contributed by atoms with Gasteiger partial charge in [0, 0.05) is 5.39 Å². The quantitative estimate of drug-likeness (QED) is 0.838. The van der Waals surface area contributed by atoms with Crippen LogP contribution in [0.2, 0.25) is 0 Å². The number of fused-ring (bicyclic) bond motifs is 1. The molecule has 1 N–H and O–H groups in total. The van der Waals surface area contributed by atoms with Crippen molar-refractivity contribution < 1.29 is 19.1 Å². The van der Waals surface area contributed by atoms with Gasteiger partial charge in [0.15, 0.2) is 0 Å². The van der Waals surface area contributed by atoms with Crippen LogP contribution in [0.15, 0.2) is 28.7 Å². The molecule has 4 heteroatoms. The molecule has 0 bridgehead atoms. The standard InChI is InChI=1S/C11H10O4/c1-2-14-8-3-4-9-7(5-8)6-10(15-9)11(12)13/h3-6H,2H2,1H3,(H,12,13). The lowest BCUT2D eigenvalue weighted by Gasteiger charge is -2.00. The number of carboxylic acids is 1. The van der Waals surface area contributed by atoms with E-state index >= 15 is 0 Å². The molecule has 2 rings (SSSR count). The molecule has 1 aromatic heterocycles. The lowest BCUT2D eigenvalue weighted by Crippen LogP contribution is -1.91. The minimum atomic E-state index is -1.07. The average Bonchev–Trinajstić information content (AvgIpc) is 2.61. The second-order valence-corrected chi connectivity index (χ2v) is 3.05. The molecule has 1 heterocycles. The molecule has 0 aliphatic carbocycles. The Labute approximate surface area is 86.1 Å². The SMILES string of the molecule is CCOc1ccc2oc(C(=O)O)cc2c1. The van der Waals surface area contributed by atoms with Crippen molar-refractivity contribution in [2.75, 3.05) is 6.61 Å². The van der Waals surface area contributed by atoms with Gasteiger partial charge in [-0.3, -0.25) is 0 Å². The molecule has 0 saturated carbocycles. The number of benzene rings is 1. The maximum Gasteiger partial charge on any atom is 0.371 e. The first-order valence-electron chi connectivity index (χ1n) is 4.60. The Balaban J connectivity index is 2.47. The first-order valence-corrected chi connectivity index (χ1v) is 4.60. The molecule has 78 valence electrons. The summed E-state index contributed by atoms with van der Waals surface area (Å²) < 4.78 is 10.4. The molecule has 0 aliphatic rings. The number of rotatable bonds is 3. The zero-order valence-electron chi connectivity index (χ0n) is 8.19. The van der Waals surface area contributed by atoms with Crippen molar-refractivity contribution in [3.63, 3.8) is 0 Å². The van der Waals surface area contributed by atoms with Gasteiger partial charge in [-0.2, -0.15) is 0 Å². The van der Waals surface area contributed by atoms with Crippen molar-refractivity contribution in [3.8, 4) is 5.75 Å². The van der Waals surface area contributed by atoms with Gasteiger partial charge in [-0.25, -0.2) is 4.79 Å². The minimum Gasteiger partial charge on any atom is -0.494 e. The first kappa shape index (κ1) is 9.58. The fourth-order valence-electron chi connectivity index (χ4n) is 1.38. The Morgan fingerprint density at radius 1 is 1.47 bits per heavy atom. The number of carboxylic acid groups (broad SMARTS) is 1. The van der Waals surface area contributed by atoms with Crippen LogP contribution in [-0.2, 0) is 0 Å². The van der Waals surface area contributed by atoms with Gasteiger partial charge in [-0.15, -0.1) is 0 Å². The molecule has 15 heavy (non-hydrogen) atoms. The molecule has 1 aromatic carbocycles. The highest BCUT2D eigenvalue weighted by atomic mass is 16.5. The molecule has 0 fully saturated rings. The highest BCUT2D eigenvalue weighted by Crippen LogP contribution is 2.24. The summed E-state index contributed by atoms with van der Waals surface area (Å²) in [5.74, 6) is -0.412. The van der Waals surface area contributed by atoms with Crippen LogP contribution in [0.5, 0.6) is 5.75 Å². The van der Waals surface area contributed by atoms with E-state index in [2.05, 4.69) is 0 Å². The van der Waals surface area contributed by atoms with Crippen LogP contribution in [0, 0.1) is 0 Å². The molecule has 0 atom stereocenters. The van der Waals surface area contributed by atoms with Crippen molar-refractivity contribution in [2.24, 2.45) is 0 Å². The summed E-state index contributed by atoms with van der Waals surface area (Å²) in [5, 5.41) is 9.47. The van der Waals surface area contributed by atoms with Gasteiger partial charge < -0.3 is 14.3 Å². The van der Waals surface area contributed by atoms with Crippen LogP contribution >= 0.6 is 0 Å². The summed E-state index contributed by atoms with van der Waals surface area (Å²) in [5.41, 5.74) is 0.552. The third kappa shape index (κ3) is 1.79. The monoisotopic (exact) mass is 206 g/mol. The topological polar surface area (TPSA) is 59.7 Å². The minimum absolute atomic E-state index is 0.0568. The summed E-state index contributed by atoms with van der Waals surface area (Å²) >= 11 is 0. The fourth-order valence-corrected chi connectivity index (χ4v) is 1.38. The smallest absolute Gasteiger partial charge is 0.371 e. The van der Waals surface area contributed by atoms with E-state index in [1.807, 2.05) is 6.92 Å². The van der Waals surface area contributed by atoms with Crippen LogP contribution < -0.4 is 4.74 Å². The third-order valence-corrected chi connectivity index (χ3v) is 2.01. The van der Waals surface area contributed by atoms with Crippen molar-refractivity contribution in [2.45, 2.75) is 6.92 Å². The number of carbonyl (C=O) groups is 1. The largest absolute Gasteiger partial charge is 0.494 e. The Morgan fingerprint density at radius 2 is 2.27 bits per heavy atom. The molecule has 0 amide bonds. The van der Waals surface area contributed by atoms with E-state index in [0.717, 1.165) is 5.39 Å². The van der Waals surface area contributed by atoms with E-state index in [9.17, 15) is 4.79 Å². The number of hydrogen-bond donors (Lipinski definition) is 1. The lowest BCUT2D eigenvalue weighted by atomic mass is 10.2. The van der Waals surface area contributed by atoms with Crippen molar-refractivity contribution >= 4 is 16.9 Å². The fraction of sp³-hybridized carbons (Fsp3) is 0.182. The number of ether oxygens (including phenoxy) is 1. The predicted molar refractivity (Wildman–Crippen MR) is 54.3 cm³/mol. The Bertz CT molecular complexity index is 498. The molecule has 0 radical (unpaired) electrons. The zero-order chi connectivity index (χ0) is 10.8. The third-order valence-electron chi connectivity index (χ3n) is 2.01. The predicted octanol–water partition coefficient (Wildman–Crippen LogP) is 2.53. The van der Waals surface area contributed by atoms with Crippen LogP contribution in [0.25, 0.3) is 11.0 Å². The van der Waals surface area contributed by atoms with Gasteiger partial charge in [0.05, 0.1) is 6.61 Å². The van der Waals surface area contributed by atoms with Gasteiger partial charge in [-0.05, 0) is 31.2 Å². The van der Waals surface area contributed by atoms with Gasteiger partial charge in [-0.1, -0.05) is 0 Å². The van der Waals surface area contributed by atoms with E-state index < -0.39 is 5.97 Å². The second-order valence-electron chi connectivity index (χ2n) is 3.05. The maximum atomic E-state index is 10.7. The van der Waals surface area contributed by atoms with E-state index in [1.165, 1.54) is 6.07 Å².